The van der Waals surface area contributed by atoms with E-state index >= 15 is 0 Å². The maximum absolute atomic E-state index is 12.5. The van der Waals surface area contributed by atoms with Crippen LogP contribution in [0.2, 0.25) is 0 Å². The fraction of sp³-hybridized carbons (Fsp3) is 0.190. The molecule has 116 valence electrons. The molecular weight excluding hydrogens is 284 g/mol. The summed E-state index contributed by atoms with van der Waals surface area (Å²) < 4.78 is 5.10. The number of methoxy groups -OCH3 is 1. The van der Waals surface area contributed by atoms with Crippen molar-refractivity contribution in [2.75, 3.05) is 7.11 Å². The van der Waals surface area contributed by atoms with E-state index in [-0.39, 0.29) is 5.97 Å². The lowest BCUT2D eigenvalue weighted by atomic mass is 9.75. The zero-order valence-electron chi connectivity index (χ0n) is 13.2. The summed E-state index contributed by atoms with van der Waals surface area (Å²) in [6.45, 7) is 0. The zero-order chi connectivity index (χ0) is 16.1. The van der Waals surface area contributed by atoms with Gasteiger partial charge in [0.15, 0.2) is 0 Å². The van der Waals surface area contributed by atoms with Crippen molar-refractivity contribution >= 4 is 5.97 Å². The number of aryl methyl sites for hydroxylation is 1. The Morgan fingerprint density at radius 3 is 2.65 bits per heavy atom. The highest BCUT2D eigenvalue weighted by molar-refractivity contribution is 5.83. The molecule has 2 nitrogen and oxygen atoms in total. The molecule has 1 aromatic rings. The van der Waals surface area contributed by atoms with Crippen molar-refractivity contribution in [3.8, 4) is 0 Å². The van der Waals surface area contributed by atoms with Crippen LogP contribution in [0.4, 0.5) is 0 Å². The second-order valence-corrected chi connectivity index (χ2v) is 5.82. The van der Waals surface area contributed by atoms with Gasteiger partial charge in [-0.25, -0.2) is 0 Å². The number of carbonyl (C=O) groups excluding carboxylic acids is 1. The molecule has 0 saturated carbocycles. The van der Waals surface area contributed by atoms with Gasteiger partial charge in [-0.15, -0.1) is 0 Å². The Bertz CT molecular complexity index is 732. The standard InChI is InChI=1S/C21H20O2/c1-23-20(22)21(14-12-17-8-4-2-5-9-17)15-13-18-10-6-3-7-11-19(18)16-21/h2-11,13,15-16H,12,14H2,1H3. The van der Waals surface area contributed by atoms with Gasteiger partial charge in [0.2, 0.25) is 0 Å². The minimum absolute atomic E-state index is 0.207. The highest BCUT2D eigenvalue weighted by atomic mass is 16.5. The summed E-state index contributed by atoms with van der Waals surface area (Å²) in [5, 5.41) is 0. The van der Waals surface area contributed by atoms with Crippen LogP contribution in [0, 0.1) is 5.41 Å². The number of ether oxygens (including phenoxy) is 1. The molecule has 23 heavy (non-hydrogen) atoms. The molecule has 0 amide bonds. The molecule has 2 heteroatoms. The molecule has 0 aromatic heterocycles. The Hall–Kier alpha value is -2.61. The molecule has 2 aliphatic rings. The number of rotatable bonds is 4. The smallest absolute Gasteiger partial charge is 0.319 e. The van der Waals surface area contributed by atoms with Crippen LogP contribution in [0.1, 0.15) is 12.0 Å². The van der Waals surface area contributed by atoms with Crippen LogP contribution in [0.5, 0.6) is 0 Å². The van der Waals surface area contributed by atoms with E-state index in [9.17, 15) is 4.79 Å². The maximum Gasteiger partial charge on any atom is 0.319 e. The number of hydrogen-bond donors (Lipinski definition) is 0. The third kappa shape index (κ3) is 3.26. The van der Waals surface area contributed by atoms with E-state index in [0.717, 1.165) is 17.6 Å². The predicted molar refractivity (Wildman–Crippen MR) is 92.8 cm³/mol. The number of benzene rings is 1. The molecule has 0 N–H and O–H groups in total. The van der Waals surface area contributed by atoms with Crippen LogP contribution in [-0.4, -0.2) is 13.1 Å². The summed E-state index contributed by atoms with van der Waals surface area (Å²) in [6, 6.07) is 10.2. The van der Waals surface area contributed by atoms with Gasteiger partial charge in [0.25, 0.3) is 0 Å². The van der Waals surface area contributed by atoms with Gasteiger partial charge in [-0.1, -0.05) is 78.9 Å². The predicted octanol–water partition coefficient (Wildman–Crippen LogP) is 4.33. The molecule has 1 atom stereocenters. The first kappa shape index (κ1) is 15.3. The summed E-state index contributed by atoms with van der Waals surface area (Å²) in [5.74, 6) is -0.207. The summed E-state index contributed by atoms with van der Waals surface area (Å²) in [6.07, 6.45) is 17.6. The van der Waals surface area contributed by atoms with Crippen LogP contribution < -0.4 is 0 Å². The molecular formula is C21H20O2. The third-order valence-corrected chi connectivity index (χ3v) is 4.32. The lowest BCUT2D eigenvalue weighted by Gasteiger charge is -2.29. The van der Waals surface area contributed by atoms with E-state index in [2.05, 4.69) is 18.2 Å². The molecule has 0 radical (unpaired) electrons. The Morgan fingerprint density at radius 2 is 1.87 bits per heavy atom. The lowest BCUT2D eigenvalue weighted by Crippen LogP contribution is -2.31. The number of hydrogen-bond acceptors (Lipinski definition) is 2. The van der Waals surface area contributed by atoms with Gasteiger partial charge in [0.05, 0.1) is 7.11 Å². The van der Waals surface area contributed by atoms with Gasteiger partial charge < -0.3 is 4.74 Å². The molecule has 0 spiro atoms. The van der Waals surface area contributed by atoms with Gasteiger partial charge in [0.1, 0.15) is 5.41 Å². The van der Waals surface area contributed by atoms with Crippen LogP contribution in [-0.2, 0) is 16.0 Å². The van der Waals surface area contributed by atoms with Crippen molar-refractivity contribution in [2.45, 2.75) is 12.8 Å². The highest BCUT2D eigenvalue weighted by Crippen LogP contribution is 2.37. The van der Waals surface area contributed by atoms with Crippen LogP contribution >= 0.6 is 0 Å². The summed E-state index contributed by atoms with van der Waals surface area (Å²) >= 11 is 0. The van der Waals surface area contributed by atoms with Gasteiger partial charge in [-0.2, -0.15) is 0 Å². The molecule has 3 rings (SSSR count). The Kier molecular flexibility index (Phi) is 4.42. The van der Waals surface area contributed by atoms with Crippen LogP contribution in [0.25, 0.3) is 0 Å². The number of esters is 1. The van der Waals surface area contributed by atoms with Gasteiger partial charge in [0, 0.05) is 0 Å². The molecule has 0 heterocycles. The van der Waals surface area contributed by atoms with Crippen LogP contribution in [0.3, 0.4) is 0 Å². The van der Waals surface area contributed by atoms with E-state index in [4.69, 9.17) is 4.74 Å². The van der Waals surface area contributed by atoms with E-state index in [1.807, 2.05) is 60.7 Å². The Morgan fingerprint density at radius 1 is 1.04 bits per heavy atom. The van der Waals surface area contributed by atoms with Gasteiger partial charge >= 0.3 is 5.97 Å². The maximum atomic E-state index is 12.5. The zero-order valence-corrected chi connectivity index (χ0v) is 13.2. The quantitative estimate of drug-likeness (QED) is 0.774. The SMILES string of the molecule is COC(=O)C1(CCc2ccccc2)C=CC2=CC=CC=CC2=C1. The van der Waals surface area contributed by atoms with Crippen molar-refractivity contribution in [2.24, 2.45) is 5.41 Å². The summed E-state index contributed by atoms with van der Waals surface area (Å²) in [4.78, 5) is 12.5. The summed E-state index contributed by atoms with van der Waals surface area (Å²) in [7, 11) is 1.45. The molecule has 0 saturated heterocycles. The third-order valence-electron chi connectivity index (χ3n) is 4.32. The fourth-order valence-corrected chi connectivity index (χ4v) is 2.99. The number of allylic oxidation sites excluding steroid dienone is 8. The molecule has 1 aromatic carbocycles. The highest BCUT2D eigenvalue weighted by Gasteiger charge is 2.37. The molecule has 0 fully saturated rings. The average molecular weight is 304 g/mol. The lowest BCUT2D eigenvalue weighted by molar-refractivity contribution is -0.147. The van der Waals surface area contributed by atoms with Crippen molar-refractivity contribution in [1.82, 2.24) is 0 Å². The normalized spacial score (nSPS) is 22.0. The second-order valence-electron chi connectivity index (χ2n) is 5.82. The van der Waals surface area contributed by atoms with Gasteiger partial charge in [-0.05, 0) is 29.6 Å². The number of carbonyl (C=O) groups is 1. The number of fused-ring (bicyclic) bond motifs is 1. The molecule has 1 unspecified atom stereocenters. The van der Waals surface area contributed by atoms with E-state index in [0.29, 0.717) is 6.42 Å². The average Bonchev–Trinajstić information content (AvgIpc) is 2.84. The minimum Gasteiger partial charge on any atom is -0.468 e. The summed E-state index contributed by atoms with van der Waals surface area (Å²) in [5.41, 5.74) is 2.71. The second kappa shape index (κ2) is 6.66. The van der Waals surface area contributed by atoms with Crippen molar-refractivity contribution in [1.29, 1.82) is 0 Å². The Balaban J connectivity index is 1.91. The monoisotopic (exact) mass is 304 g/mol. The van der Waals surface area contributed by atoms with Crippen molar-refractivity contribution < 1.29 is 9.53 Å². The van der Waals surface area contributed by atoms with E-state index < -0.39 is 5.41 Å². The Labute approximate surface area is 137 Å². The molecule has 2 aliphatic carbocycles. The van der Waals surface area contributed by atoms with E-state index in [1.165, 1.54) is 12.7 Å². The van der Waals surface area contributed by atoms with E-state index in [1.54, 1.807) is 0 Å². The van der Waals surface area contributed by atoms with Crippen molar-refractivity contribution in [3.63, 3.8) is 0 Å². The first-order chi connectivity index (χ1) is 11.2. The first-order valence-electron chi connectivity index (χ1n) is 7.83. The van der Waals surface area contributed by atoms with Crippen LogP contribution in [0.15, 0.2) is 90.1 Å². The molecule has 0 aliphatic heterocycles. The first-order valence-corrected chi connectivity index (χ1v) is 7.83. The van der Waals surface area contributed by atoms with Gasteiger partial charge in [-0.3, -0.25) is 4.79 Å². The molecule has 0 bridgehead atoms. The fourth-order valence-electron chi connectivity index (χ4n) is 2.99. The van der Waals surface area contributed by atoms with Crippen molar-refractivity contribution in [3.05, 3.63) is 95.6 Å². The largest absolute Gasteiger partial charge is 0.468 e. The minimum atomic E-state index is -0.702. The topological polar surface area (TPSA) is 26.3 Å².